The minimum Gasteiger partial charge on any atom is -0.289 e. The van der Waals surface area contributed by atoms with Crippen LogP contribution < -0.4 is 0 Å². The zero-order chi connectivity index (χ0) is 14.7. The van der Waals surface area contributed by atoms with Crippen molar-refractivity contribution in [2.45, 2.75) is 34.1 Å². The molecule has 20 heavy (non-hydrogen) atoms. The Morgan fingerprint density at radius 3 is 2.20 bits per heavy atom. The fourth-order valence-corrected chi connectivity index (χ4v) is 2.58. The fourth-order valence-electron chi connectivity index (χ4n) is 2.58. The van der Waals surface area contributed by atoms with Crippen LogP contribution in [-0.2, 0) is 6.42 Å². The van der Waals surface area contributed by atoms with E-state index in [2.05, 4.69) is 26.0 Å². The van der Waals surface area contributed by atoms with Crippen molar-refractivity contribution in [3.8, 4) is 0 Å². The zero-order valence-electron chi connectivity index (χ0n) is 12.7. The molecule has 1 heteroatoms. The van der Waals surface area contributed by atoms with Gasteiger partial charge in [0.25, 0.3) is 0 Å². The molecule has 1 nitrogen and oxygen atoms in total. The van der Waals surface area contributed by atoms with E-state index in [0.717, 1.165) is 28.7 Å². The van der Waals surface area contributed by atoms with Crippen LogP contribution in [-0.4, -0.2) is 5.78 Å². The monoisotopic (exact) mass is 266 g/mol. The smallest absolute Gasteiger partial charge is 0.193 e. The van der Waals surface area contributed by atoms with Gasteiger partial charge in [-0.2, -0.15) is 0 Å². The molecule has 0 radical (unpaired) electrons. The van der Waals surface area contributed by atoms with Gasteiger partial charge in [-0.15, -0.1) is 0 Å². The predicted molar refractivity (Wildman–Crippen MR) is 84.3 cm³/mol. The molecule has 0 bridgehead atoms. The largest absolute Gasteiger partial charge is 0.289 e. The molecule has 0 N–H and O–H groups in total. The first-order chi connectivity index (χ1) is 9.45. The molecular weight excluding hydrogens is 244 g/mol. The lowest BCUT2D eigenvalue weighted by molar-refractivity contribution is 0.103. The summed E-state index contributed by atoms with van der Waals surface area (Å²) in [6, 6.07) is 14.0. The van der Waals surface area contributed by atoms with Gasteiger partial charge < -0.3 is 0 Å². The number of aryl methyl sites for hydroxylation is 2. The Morgan fingerprint density at radius 1 is 0.950 bits per heavy atom. The second kappa shape index (κ2) is 6.04. The van der Waals surface area contributed by atoms with Crippen molar-refractivity contribution in [1.82, 2.24) is 0 Å². The average molecular weight is 266 g/mol. The molecule has 0 saturated carbocycles. The number of hydrogen-bond donors (Lipinski definition) is 0. The number of carbonyl (C=O) groups is 1. The lowest BCUT2D eigenvalue weighted by Gasteiger charge is -2.08. The molecule has 0 fully saturated rings. The zero-order valence-corrected chi connectivity index (χ0v) is 12.7. The van der Waals surface area contributed by atoms with E-state index in [-0.39, 0.29) is 5.78 Å². The summed E-state index contributed by atoms with van der Waals surface area (Å²) in [6.45, 7) is 8.44. The highest BCUT2D eigenvalue weighted by Gasteiger charge is 2.10. The van der Waals surface area contributed by atoms with Gasteiger partial charge in [0.2, 0.25) is 0 Å². The molecule has 0 heterocycles. The maximum absolute atomic E-state index is 12.6. The van der Waals surface area contributed by atoms with Crippen molar-refractivity contribution in [3.63, 3.8) is 0 Å². The summed E-state index contributed by atoms with van der Waals surface area (Å²) in [7, 11) is 0. The molecule has 2 aromatic rings. The molecule has 2 rings (SSSR count). The molecule has 0 aliphatic rings. The van der Waals surface area contributed by atoms with Crippen molar-refractivity contribution in [1.29, 1.82) is 0 Å². The summed E-state index contributed by atoms with van der Waals surface area (Å²) >= 11 is 0. The highest BCUT2D eigenvalue weighted by Crippen LogP contribution is 2.16. The number of ketones is 1. The third-order valence-electron chi connectivity index (χ3n) is 3.32. The van der Waals surface area contributed by atoms with Gasteiger partial charge in [-0.1, -0.05) is 49.2 Å². The summed E-state index contributed by atoms with van der Waals surface area (Å²) in [6.07, 6.45) is 1.01. The van der Waals surface area contributed by atoms with Crippen LogP contribution in [0.4, 0.5) is 0 Å². The van der Waals surface area contributed by atoms with E-state index in [0.29, 0.717) is 5.92 Å². The second-order valence-electron chi connectivity index (χ2n) is 6.00. The fraction of sp³-hybridized carbons (Fsp3) is 0.316. The van der Waals surface area contributed by atoms with Gasteiger partial charge in [-0.05, 0) is 49.9 Å². The number of carbonyl (C=O) groups excluding carboxylic acids is 1. The Balaban J connectivity index is 2.33. The standard InChI is InChI=1S/C19H22O/c1-13(2)8-16-6-5-7-17(12-16)19(20)18-10-14(3)9-15(4)11-18/h5-7,9-13H,8H2,1-4H3. The van der Waals surface area contributed by atoms with Crippen LogP contribution in [0.1, 0.15) is 46.5 Å². The molecule has 0 spiro atoms. The first kappa shape index (κ1) is 14.5. The van der Waals surface area contributed by atoms with Crippen LogP contribution in [0.5, 0.6) is 0 Å². The normalized spacial score (nSPS) is 10.8. The Labute approximate surface area is 121 Å². The van der Waals surface area contributed by atoms with Crippen molar-refractivity contribution in [2.75, 3.05) is 0 Å². The van der Waals surface area contributed by atoms with Crippen LogP contribution in [0.3, 0.4) is 0 Å². The van der Waals surface area contributed by atoms with Crippen LogP contribution in [0, 0.1) is 19.8 Å². The molecule has 0 amide bonds. The van der Waals surface area contributed by atoms with E-state index < -0.39 is 0 Å². The minimum atomic E-state index is 0.113. The predicted octanol–water partition coefficient (Wildman–Crippen LogP) is 4.73. The molecule has 104 valence electrons. The third-order valence-corrected chi connectivity index (χ3v) is 3.32. The maximum atomic E-state index is 12.6. The average Bonchev–Trinajstić information content (AvgIpc) is 2.36. The first-order valence-electron chi connectivity index (χ1n) is 7.17. The van der Waals surface area contributed by atoms with E-state index in [1.807, 2.05) is 44.2 Å². The van der Waals surface area contributed by atoms with Gasteiger partial charge in [0.15, 0.2) is 5.78 Å². The van der Waals surface area contributed by atoms with Crippen LogP contribution in [0.25, 0.3) is 0 Å². The Bertz CT molecular complexity index is 603. The van der Waals surface area contributed by atoms with E-state index in [9.17, 15) is 4.79 Å². The van der Waals surface area contributed by atoms with Crippen molar-refractivity contribution in [3.05, 3.63) is 70.3 Å². The van der Waals surface area contributed by atoms with Crippen LogP contribution in [0.15, 0.2) is 42.5 Å². The SMILES string of the molecule is Cc1cc(C)cc(C(=O)c2cccc(CC(C)C)c2)c1. The minimum absolute atomic E-state index is 0.113. The first-order valence-corrected chi connectivity index (χ1v) is 7.17. The number of hydrogen-bond acceptors (Lipinski definition) is 1. The van der Waals surface area contributed by atoms with Crippen LogP contribution >= 0.6 is 0 Å². The summed E-state index contributed by atoms with van der Waals surface area (Å²) in [5, 5.41) is 0. The molecule has 0 aliphatic heterocycles. The van der Waals surface area contributed by atoms with E-state index >= 15 is 0 Å². The quantitative estimate of drug-likeness (QED) is 0.731. The van der Waals surface area contributed by atoms with Gasteiger partial charge in [0.1, 0.15) is 0 Å². The molecule has 2 aromatic carbocycles. The van der Waals surface area contributed by atoms with Gasteiger partial charge >= 0.3 is 0 Å². The van der Waals surface area contributed by atoms with Crippen molar-refractivity contribution < 1.29 is 4.79 Å². The summed E-state index contributed by atoms with van der Waals surface area (Å²) in [4.78, 5) is 12.6. The lowest BCUT2D eigenvalue weighted by Crippen LogP contribution is -2.04. The molecule has 0 saturated heterocycles. The summed E-state index contributed by atoms with van der Waals surface area (Å²) in [5.74, 6) is 0.712. The highest BCUT2D eigenvalue weighted by atomic mass is 16.1. The third kappa shape index (κ3) is 3.57. The molecule has 0 aromatic heterocycles. The van der Waals surface area contributed by atoms with Gasteiger partial charge in [-0.3, -0.25) is 4.79 Å². The van der Waals surface area contributed by atoms with Gasteiger partial charge in [-0.25, -0.2) is 0 Å². The maximum Gasteiger partial charge on any atom is 0.193 e. The Morgan fingerprint density at radius 2 is 1.60 bits per heavy atom. The van der Waals surface area contributed by atoms with Crippen LogP contribution in [0.2, 0.25) is 0 Å². The van der Waals surface area contributed by atoms with Gasteiger partial charge in [0.05, 0.1) is 0 Å². The summed E-state index contributed by atoms with van der Waals surface area (Å²) in [5.41, 5.74) is 5.06. The number of rotatable bonds is 4. The molecule has 0 atom stereocenters. The van der Waals surface area contributed by atoms with Crippen molar-refractivity contribution in [2.24, 2.45) is 5.92 Å². The van der Waals surface area contributed by atoms with E-state index in [1.165, 1.54) is 5.56 Å². The topological polar surface area (TPSA) is 17.1 Å². The molecule has 0 aliphatic carbocycles. The van der Waals surface area contributed by atoms with E-state index in [4.69, 9.17) is 0 Å². The number of benzene rings is 2. The lowest BCUT2D eigenvalue weighted by atomic mass is 9.96. The van der Waals surface area contributed by atoms with E-state index in [1.54, 1.807) is 0 Å². The second-order valence-corrected chi connectivity index (χ2v) is 6.00. The molecular formula is C19H22O. The van der Waals surface area contributed by atoms with Gasteiger partial charge in [0, 0.05) is 11.1 Å². The molecule has 0 unspecified atom stereocenters. The Kier molecular flexibility index (Phi) is 4.39. The highest BCUT2D eigenvalue weighted by molar-refractivity contribution is 6.09. The Hall–Kier alpha value is -1.89. The van der Waals surface area contributed by atoms with Crippen molar-refractivity contribution >= 4 is 5.78 Å². The summed E-state index contributed by atoms with van der Waals surface area (Å²) < 4.78 is 0.